The second-order valence-electron chi connectivity index (χ2n) is 4.00. The van der Waals surface area contributed by atoms with Crippen LogP contribution in [0.25, 0.3) is 0 Å². The number of hydrogen-bond donors (Lipinski definition) is 2. The van der Waals surface area contributed by atoms with Crippen LogP contribution in [-0.2, 0) is 6.54 Å². The molecule has 6 heteroatoms. The summed E-state index contributed by atoms with van der Waals surface area (Å²) in [5.41, 5.74) is 6.78. The van der Waals surface area contributed by atoms with Crippen molar-refractivity contribution < 1.29 is 4.79 Å². The number of nitrogens with two attached hydrogens (primary N) is 1. The van der Waals surface area contributed by atoms with Gasteiger partial charge in [0.25, 0.3) is 5.91 Å². The zero-order valence-electron chi connectivity index (χ0n) is 10.2. The Kier molecular flexibility index (Phi) is 4.25. The number of hydrogen-bond acceptors (Lipinski definition) is 3. The molecule has 0 radical (unpaired) electrons. The minimum Gasteiger partial charge on any atom is -0.389 e. The summed E-state index contributed by atoms with van der Waals surface area (Å²) in [6.07, 6.45) is 5.26. The molecule has 0 fully saturated rings. The van der Waals surface area contributed by atoms with Gasteiger partial charge in [-0.15, -0.1) is 0 Å². The maximum absolute atomic E-state index is 11.9. The Labute approximate surface area is 116 Å². The van der Waals surface area contributed by atoms with Gasteiger partial charge in [0.1, 0.15) is 4.99 Å². The average molecular weight is 274 g/mol. The normalized spacial score (nSPS) is 10.1. The monoisotopic (exact) mass is 274 g/mol. The van der Waals surface area contributed by atoms with Crippen molar-refractivity contribution in [2.24, 2.45) is 5.73 Å². The van der Waals surface area contributed by atoms with Crippen LogP contribution in [0.4, 0.5) is 0 Å². The number of amides is 1. The molecule has 5 nitrogen and oxygen atoms in total. The van der Waals surface area contributed by atoms with Crippen molar-refractivity contribution in [3.8, 4) is 0 Å². The molecule has 0 atom stereocenters. The topological polar surface area (TPSA) is 72.9 Å². The van der Waals surface area contributed by atoms with Gasteiger partial charge >= 0.3 is 0 Å². The van der Waals surface area contributed by atoms with E-state index in [1.54, 1.807) is 36.8 Å². The summed E-state index contributed by atoms with van der Waals surface area (Å²) >= 11 is 4.89. The molecule has 1 aromatic heterocycles. The van der Waals surface area contributed by atoms with Gasteiger partial charge in [-0.1, -0.05) is 24.4 Å². The van der Waals surface area contributed by atoms with Crippen molar-refractivity contribution in [1.82, 2.24) is 14.9 Å². The molecule has 0 saturated carbocycles. The van der Waals surface area contributed by atoms with E-state index in [0.717, 1.165) is 0 Å². The quantitative estimate of drug-likeness (QED) is 0.796. The Hall–Kier alpha value is -2.21. The highest BCUT2D eigenvalue weighted by atomic mass is 32.1. The van der Waals surface area contributed by atoms with Crippen LogP contribution in [-0.4, -0.2) is 27.0 Å². The summed E-state index contributed by atoms with van der Waals surface area (Å²) in [6, 6.07) is 6.97. The summed E-state index contributed by atoms with van der Waals surface area (Å²) in [6.45, 7) is 1.22. The first-order chi connectivity index (χ1) is 9.16. The van der Waals surface area contributed by atoms with Crippen LogP contribution in [0.2, 0.25) is 0 Å². The summed E-state index contributed by atoms with van der Waals surface area (Å²) in [5, 5.41) is 2.83. The summed E-state index contributed by atoms with van der Waals surface area (Å²) in [5.74, 6) is -0.141. The highest BCUT2D eigenvalue weighted by molar-refractivity contribution is 7.80. The zero-order chi connectivity index (χ0) is 13.7. The predicted octanol–water partition coefficient (Wildman–Crippen LogP) is 0.947. The van der Waals surface area contributed by atoms with Gasteiger partial charge in [0.2, 0.25) is 0 Å². The van der Waals surface area contributed by atoms with Gasteiger partial charge in [0.15, 0.2) is 0 Å². The first-order valence-corrected chi connectivity index (χ1v) is 6.21. The predicted molar refractivity (Wildman–Crippen MR) is 76.9 cm³/mol. The van der Waals surface area contributed by atoms with Crippen molar-refractivity contribution in [1.29, 1.82) is 0 Å². The van der Waals surface area contributed by atoms with Crippen molar-refractivity contribution in [3.63, 3.8) is 0 Å². The second kappa shape index (κ2) is 6.10. The SMILES string of the molecule is NC(=S)c1cccc(C(=O)NCCn2ccnc2)c1. The van der Waals surface area contributed by atoms with E-state index in [0.29, 0.717) is 24.2 Å². The number of imidazole rings is 1. The number of carbonyl (C=O) groups excluding carboxylic acids is 1. The number of carbonyl (C=O) groups is 1. The van der Waals surface area contributed by atoms with E-state index in [1.807, 2.05) is 10.8 Å². The Morgan fingerprint density at radius 2 is 2.21 bits per heavy atom. The highest BCUT2D eigenvalue weighted by Gasteiger charge is 2.06. The van der Waals surface area contributed by atoms with E-state index in [9.17, 15) is 4.79 Å². The molecule has 0 aliphatic carbocycles. The molecule has 98 valence electrons. The fraction of sp³-hybridized carbons (Fsp3) is 0.154. The molecule has 2 rings (SSSR count). The number of benzene rings is 1. The van der Waals surface area contributed by atoms with E-state index in [2.05, 4.69) is 10.3 Å². The number of rotatable bonds is 5. The number of nitrogens with one attached hydrogen (secondary N) is 1. The molecule has 0 spiro atoms. The largest absolute Gasteiger partial charge is 0.389 e. The van der Waals surface area contributed by atoms with Crippen LogP contribution in [0.3, 0.4) is 0 Å². The minimum absolute atomic E-state index is 0.141. The zero-order valence-corrected chi connectivity index (χ0v) is 11.1. The van der Waals surface area contributed by atoms with Gasteiger partial charge in [-0.2, -0.15) is 0 Å². The van der Waals surface area contributed by atoms with Crippen molar-refractivity contribution in [3.05, 3.63) is 54.1 Å². The Morgan fingerprint density at radius 1 is 1.42 bits per heavy atom. The molecule has 1 aromatic carbocycles. The smallest absolute Gasteiger partial charge is 0.251 e. The van der Waals surface area contributed by atoms with E-state index < -0.39 is 0 Å². The van der Waals surface area contributed by atoms with Crippen molar-refractivity contribution >= 4 is 23.1 Å². The van der Waals surface area contributed by atoms with Crippen LogP contribution < -0.4 is 11.1 Å². The van der Waals surface area contributed by atoms with Gasteiger partial charge < -0.3 is 15.6 Å². The molecular weight excluding hydrogens is 260 g/mol. The standard InChI is InChI=1S/C13H14N4OS/c14-12(19)10-2-1-3-11(8-10)13(18)16-5-7-17-6-4-15-9-17/h1-4,6,8-9H,5,7H2,(H2,14,19)(H,16,18). The maximum atomic E-state index is 11.9. The fourth-order valence-corrected chi connectivity index (χ4v) is 1.76. The lowest BCUT2D eigenvalue weighted by Crippen LogP contribution is -2.27. The molecule has 1 amide bonds. The summed E-state index contributed by atoms with van der Waals surface area (Å²) in [4.78, 5) is 16.1. The van der Waals surface area contributed by atoms with E-state index >= 15 is 0 Å². The van der Waals surface area contributed by atoms with Crippen LogP contribution in [0.15, 0.2) is 43.0 Å². The Morgan fingerprint density at radius 3 is 2.89 bits per heavy atom. The Bertz CT molecular complexity index is 580. The van der Waals surface area contributed by atoms with Gasteiger partial charge in [0.05, 0.1) is 6.33 Å². The molecule has 3 N–H and O–H groups in total. The van der Waals surface area contributed by atoms with Gasteiger partial charge in [0, 0.05) is 36.6 Å². The van der Waals surface area contributed by atoms with Crippen LogP contribution >= 0.6 is 12.2 Å². The lowest BCUT2D eigenvalue weighted by molar-refractivity contribution is 0.0952. The average Bonchev–Trinajstić information content (AvgIpc) is 2.92. The summed E-state index contributed by atoms with van der Waals surface area (Å²) in [7, 11) is 0. The second-order valence-corrected chi connectivity index (χ2v) is 4.44. The third-order valence-corrected chi connectivity index (χ3v) is 2.86. The lowest BCUT2D eigenvalue weighted by Gasteiger charge is -2.07. The van der Waals surface area contributed by atoms with Crippen LogP contribution in [0.1, 0.15) is 15.9 Å². The van der Waals surface area contributed by atoms with Crippen LogP contribution in [0, 0.1) is 0 Å². The molecule has 0 bridgehead atoms. The molecule has 0 aliphatic heterocycles. The lowest BCUT2D eigenvalue weighted by atomic mass is 10.1. The van der Waals surface area contributed by atoms with E-state index in [4.69, 9.17) is 18.0 Å². The van der Waals surface area contributed by atoms with Crippen LogP contribution in [0.5, 0.6) is 0 Å². The molecule has 2 aromatic rings. The summed E-state index contributed by atoms with van der Waals surface area (Å²) < 4.78 is 1.89. The Balaban J connectivity index is 1.92. The number of aromatic nitrogens is 2. The first-order valence-electron chi connectivity index (χ1n) is 5.80. The molecular formula is C13H14N4OS. The first kappa shape index (κ1) is 13.2. The molecule has 0 saturated heterocycles. The van der Waals surface area contributed by atoms with Gasteiger partial charge in [-0.05, 0) is 12.1 Å². The molecule has 0 unspecified atom stereocenters. The molecule has 1 heterocycles. The highest BCUT2D eigenvalue weighted by Crippen LogP contribution is 2.05. The van der Waals surface area contributed by atoms with Crippen molar-refractivity contribution in [2.45, 2.75) is 6.54 Å². The molecule has 0 aliphatic rings. The van der Waals surface area contributed by atoms with E-state index in [-0.39, 0.29) is 10.9 Å². The molecule has 19 heavy (non-hydrogen) atoms. The third-order valence-electron chi connectivity index (χ3n) is 2.62. The number of nitrogens with zero attached hydrogens (tertiary/aromatic N) is 2. The van der Waals surface area contributed by atoms with Gasteiger partial charge in [-0.25, -0.2) is 4.98 Å². The third kappa shape index (κ3) is 3.62. The van der Waals surface area contributed by atoms with E-state index in [1.165, 1.54) is 0 Å². The fourth-order valence-electron chi connectivity index (χ4n) is 1.63. The van der Waals surface area contributed by atoms with Gasteiger partial charge in [-0.3, -0.25) is 4.79 Å². The number of thiocarbonyl (C=S) groups is 1. The maximum Gasteiger partial charge on any atom is 0.251 e. The van der Waals surface area contributed by atoms with Crippen molar-refractivity contribution in [2.75, 3.05) is 6.54 Å². The minimum atomic E-state index is -0.141.